The lowest BCUT2D eigenvalue weighted by Gasteiger charge is -2.43. The van der Waals surface area contributed by atoms with Gasteiger partial charge in [-0.1, -0.05) is 0 Å². The number of carbonyl (C=O) groups excluding carboxylic acids is 2. The zero-order valence-corrected chi connectivity index (χ0v) is 22.9. The van der Waals surface area contributed by atoms with Crippen LogP contribution in [0.25, 0.3) is 0 Å². The molecule has 2 amide bonds. The van der Waals surface area contributed by atoms with Crippen molar-refractivity contribution in [2.45, 2.75) is 104 Å². The number of aromatic nitrogens is 1. The van der Waals surface area contributed by atoms with Crippen molar-refractivity contribution < 1.29 is 19.1 Å². The predicted octanol–water partition coefficient (Wildman–Crippen LogP) is 5.11. The number of fused-ring (bicyclic) bond motifs is 3. The van der Waals surface area contributed by atoms with Crippen molar-refractivity contribution in [3.05, 3.63) is 21.8 Å². The molecule has 9 heteroatoms. The molecule has 0 spiro atoms. The lowest BCUT2D eigenvalue weighted by molar-refractivity contribution is 0.0189. The van der Waals surface area contributed by atoms with Crippen molar-refractivity contribution in [2.75, 3.05) is 18.0 Å². The van der Waals surface area contributed by atoms with Crippen LogP contribution in [0, 0.1) is 0 Å². The lowest BCUT2D eigenvalue weighted by atomic mass is 10.1. The molecule has 2 aliphatic heterocycles. The number of ether oxygens (including phenoxy) is 2. The number of pyridine rings is 1. The second-order valence-electron chi connectivity index (χ2n) is 11.7. The van der Waals surface area contributed by atoms with E-state index in [2.05, 4.69) is 33.8 Å². The highest BCUT2D eigenvalue weighted by atomic mass is 79.9. The van der Waals surface area contributed by atoms with E-state index in [0.29, 0.717) is 19.6 Å². The monoisotopic (exact) mass is 536 g/mol. The van der Waals surface area contributed by atoms with Crippen LogP contribution in [0.3, 0.4) is 0 Å². The van der Waals surface area contributed by atoms with E-state index in [1.54, 1.807) is 4.90 Å². The number of hydrogen-bond donors (Lipinski definition) is 0. The van der Waals surface area contributed by atoms with E-state index in [1.165, 1.54) is 0 Å². The molecule has 2 atom stereocenters. The highest BCUT2D eigenvalue weighted by Gasteiger charge is 2.42. The van der Waals surface area contributed by atoms with Gasteiger partial charge in [0.1, 0.15) is 17.0 Å². The second-order valence-corrected chi connectivity index (χ2v) is 12.6. The minimum atomic E-state index is -0.538. The standard InChI is InChI=1S/C25H37BrN4O4/c1-15-12-28(22(31)33-24(2,3)4)13-18-10-16-11-19(26)20(27-21(16)30(15)18)14-29(17-8-9-17)23(32)34-25(5,6)7/h11,15,17-18H,8-10,12-14H2,1-7H3/t15-,18-/m1/s1. The average molecular weight is 537 g/mol. The van der Waals surface area contributed by atoms with E-state index in [1.807, 2.05) is 46.4 Å². The zero-order valence-electron chi connectivity index (χ0n) is 21.4. The number of carbonyl (C=O) groups is 2. The largest absolute Gasteiger partial charge is 0.444 e. The van der Waals surface area contributed by atoms with E-state index in [9.17, 15) is 9.59 Å². The summed E-state index contributed by atoms with van der Waals surface area (Å²) in [6.45, 7) is 15.1. The predicted molar refractivity (Wildman–Crippen MR) is 134 cm³/mol. The van der Waals surface area contributed by atoms with Gasteiger partial charge in [0.2, 0.25) is 0 Å². The van der Waals surface area contributed by atoms with Gasteiger partial charge in [-0.3, -0.25) is 4.90 Å². The van der Waals surface area contributed by atoms with Crippen molar-refractivity contribution in [3.63, 3.8) is 0 Å². The fourth-order valence-corrected chi connectivity index (χ4v) is 5.20. The fourth-order valence-electron chi connectivity index (χ4n) is 4.71. The van der Waals surface area contributed by atoms with Crippen molar-refractivity contribution in [1.82, 2.24) is 14.8 Å². The highest BCUT2D eigenvalue weighted by Crippen LogP contribution is 2.39. The molecule has 1 aromatic rings. The second kappa shape index (κ2) is 8.88. The summed E-state index contributed by atoms with van der Waals surface area (Å²) in [4.78, 5) is 36.6. The van der Waals surface area contributed by atoms with Gasteiger partial charge >= 0.3 is 12.2 Å². The third-order valence-corrected chi connectivity index (χ3v) is 6.86. The first kappa shape index (κ1) is 25.1. The van der Waals surface area contributed by atoms with Gasteiger partial charge in [-0.15, -0.1) is 0 Å². The Kier molecular flexibility index (Phi) is 6.55. The molecule has 2 fully saturated rings. The summed E-state index contributed by atoms with van der Waals surface area (Å²) in [6.07, 6.45) is 2.26. The summed E-state index contributed by atoms with van der Waals surface area (Å²) in [5.74, 6) is 0.958. The molecule has 34 heavy (non-hydrogen) atoms. The number of halogens is 1. The molecule has 4 rings (SSSR count). The third-order valence-electron chi connectivity index (χ3n) is 6.18. The third kappa shape index (κ3) is 5.61. The first-order valence-electron chi connectivity index (χ1n) is 12.2. The molecule has 0 bridgehead atoms. The summed E-state index contributed by atoms with van der Waals surface area (Å²) in [5, 5.41) is 0. The molecule has 0 N–H and O–H groups in total. The van der Waals surface area contributed by atoms with E-state index < -0.39 is 11.2 Å². The van der Waals surface area contributed by atoms with Crippen LogP contribution in [0.4, 0.5) is 15.4 Å². The minimum Gasteiger partial charge on any atom is -0.444 e. The Bertz CT molecular complexity index is 967. The Morgan fingerprint density at radius 1 is 1.12 bits per heavy atom. The zero-order chi connectivity index (χ0) is 25.0. The SMILES string of the molecule is C[C@@H]1CN(C(=O)OC(C)(C)C)C[C@H]2Cc3cc(Br)c(CN(C(=O)OC(C)(C)C)C4CC4)nc3N21. The molecule has 3 heterocycles. The molecular weight excluding hydrogens is 500 g/mol. The molecular formula is C25H37BrN4O4. The number of nitrogens with zero attached hydrogens (tertiary/aromatic N) is 4. The summed E-state index contributed by atoms with van der Waals surface area (Å²) in [7, 11) is 0. The van der Waals surface area contributed by atoms with E-state index in [0.717, 1.165) is 40.8 Å². The molecule has 0 unspecified atom stereocenters. The molecule has 188 valence electrons. The van der Waals surface area contributed by atoms with Gasteiger partial charge in [-0.05, 0) is 95.3 Å². The summed E-state index contributed by atoms with van der Waals surface area (Å²) in [6, 6.07) is 2.60. The van der Waals surface area contributed by atoms with Crippen molar-refractivity contribution >= 4 is 33.9 Å². The van der Waals surface area contributed by atoms with Gasteiger partial charge in [0.25, 0.3) is 0 Å². The maximum absolute atomic E-state index is 12.9. The van der Waals surface area contributed by atoms with E-state index in [4.69, 9.17) is 14.5 Å². The maximum atomic E-state index is 12.9. The van der Waals surface area contributed by atoms with Gasteiger partial charge in [-0.25, -0.2) is 14.6 Å². The summed E-state index contributed by atoms with van der Waals surface area (Å²) >= 11 is 3.70. The fraction of sp³-hybridized carbons (Fsp3) is 0.720. The van der Waals surface area contributed by atoms with Crippen LogP contribution in [-0.2, 0) is 22.4 Å². The Morgan fingerprint density at radius 3 is 2.35 bits per heavy atom. The Labute approximate surface area is 211 Å². The molecule has 8 nitrogen and oxygen atoms in total. The van der Waals surface area contributed by atoms with Gasteiger partial charge in [0.05, 0.1) is 18.3 Å². The Balaban J connectivity index is 1.52. The highest BCUT2D eigenvalue weighted by molar-refractivity contribution is 9.10. The van der Waals surface area contributed by atoms with Crippen molar-refractivity contribution in [1.29, 1.82) is 0 Å². The molecule has 1 aliphatic carbocycles. The van der Waals surface area contributed by atoms with Crippen LogP contribution >= 0.6 is 15.9 Å². The van der Waals surface area contributed by atoms with Crippen LogP contribution in [0.1, 0.15) is 72.6 Å². The Morgan fingerprint density at radius 2 is 1.76 bits per heavy atom. The smallest absolute Gasteiger partial charge is 0.410 e. The van der Waals surface area contributed by atoms with Gasteiger partial charge in [0, 0.05) is 29.6 Å². The molecule has 1 aromatic heterocycles. The molecule has 3 aliphatic rings. The van der Waals surface area contributed by atoms with Crippen LogP contribution in [0.15, 0.2) is 10.5 Å². The quantitative estimate of drug-likeness (QED) is 0.534. The molecule has 1 saturated heterocycles. The molecule has 0 aromatic carbocycles. The van der Waals surface area contributed by atoms with Crippen molar-refractivity contribution in [2.24, 2.45) is 0 Å². The van der Waals surface area contributed by atoms with Gasteiger partial charge < -0.3 is 19.3 Å². The van der Waals surface area contributed by atoms with Crippen LogP contribution in [0.5, 0.6) is 0 Å². The number of rotatable bonds is 3. The van der Waals surface area contributed by atoms with E-state index in [-0.39, 0.29) is 30.3 Å². The average Bonchev–Trinajstić information content (AvgIpc) is 3.44. The van der Waals surface area contributed by atoms with E-state index >= 15 is 0 Å². The first-order chi connectivity index (χ1) is 15.7. The van der Waals surface area contributed by atoms with Gasteiger partial charge in [-0.2, -0.15) is 0 Å². The lowest BCUT2D eigenvalue weighted by Crippen LogP contribution is -2.58. The maximum Gasteiger partial charge on any atom is 0.410 e. The summed E-state index contributed by atoms with van der Waals surface area (Å²) < 4.78 is 12.2. The van der Waals surface area contributed by atoms with Crippen LogP contribution in [0.2, 0.25) is 0 Å². The topological polar surface area (TPSA) is 75.2 Å². The number of piperazine rings is 1. The van der Waals surface area contributed by atoms with Gasteiger partial charge in [0.15, 0.2) is 0 Å². The van der Waals surface area contributed by atoms with Crippen LogP contribution < -0.4 is 4.90 Å². The first-order valence-corrected chi connectivity index (χ1v) is 13.0. The molecule has 1 saturated carbocycles. The Hall–Kier alpha value is -2.03. The number of hydrogen-bond acceptors (Lipinski definition) is 6. The summed E-state index contributed by atoms with van der Waals surface area (Å²) in [5.41, 5.74) is 0.940. The normalized spacial score (nSPS) is 22.2. The molecule has 0 radical (unpaired) electrons. The number of anilines is 1. The minimum absolute atomic E-state index is 0.111. The van der Waals surface area contributed by atoms with Crippen LogP contribution in [-0.4, -0.2) is 69.4 Å². The number of amides is 2. The van der Waals surface area contributed by atoms with Crippen molar-refractivity contribution in [3.8, 4) is 0 Å².